The summed E-state index contributed by atoms with van der Waals surface area (Å²) in [5.74, 6) is -0.198. The van der Waals surface area contributed by atoms with E-state index in [1.807, 2.05) is 0 Å². The molecule has 0 radical (unpaired) electrons. The zero-order chi connectivity index (χ0) is 11.7. The lowest BCUT2D eigenvalue weighted by atomic mass is 10.0. The number of hydrogen-bond donors (Lipinski definition) is 2. The first-order valence-electron chi connectivity index (χ1n) is 5.17. The highest BCUT2D eigenvalue weighted by atomic mass is 16.3. The van der Waals surface area contributed by atoms with Gasteiger partial charge in [-0.25, -0.2) is 4.98 Å². The molecule has 2 heterocycles. The molecule has 1 aliphatic heterocycles. The Bertz CT molecular complexity index is 414. The average molecular weight is 222 g/mol. The van der Waals surface area contributed by atoms with Crippen molar-refractivity contribution in [2.75, 3.05) is 19.7 Å². The number of likely N-dealkylation sites (tertiary alicyclic amines) is 1. The first kappa shape index (κ1) is 10.9. The Balaban J connectivity index is 2.10. The molecule has 0 spiro atoms. The van der Waals surface area contributed by atoms with Gasteiger partial charge in [0, 0.05) is 31.8 Å². The molecule has 16 heavy (non-hydrogen) atoms. The lowest BCUT2D eigenvalue weighted by Crippen LogP contribution is -2.51. The maximum atomic E-state index is 11.8. The fourth-order valence-electron chi connectivity index (χ4n) is 1.72. The van der Waals surface area contributed by atoms with Crippen molar-refractivity contribution >= 4 is 5.91 Å². The summed E-state index contributed by atoms with van der Waals surface area (Å²) in [5.41, 5.74) is 0.896. The minimum atomic E-state index is -0.276. The molecule has 1 amide bonds. The van der Waals surface area contributed by atoms with Crippen LogP contribution in [0.25, 0.3) is 0 Å². The van der Waals surface area contributed by atoms with E-state index in [0.717, 1.165) is 5.56 Å². The van der Waals surface area contributed by atoms with Crippen LogP contribution >= 0.6 is 0 Å². The molecule has 1 saturated heterocycles. The molecule has 2 rings (SSSR count). The number of aromatic hydroxyl groups is 1. The van der Waals surface area contributed by atoms with Crippen LogP contribution < -0.4 is 0 Å². The van der Waals surface area contributed by atoms with Gasteiger partial charge in [0.1, 0.15) is 5.75 Å². The van der Waals surface area contributed by atoms with Crippen molar-refractivity contribution in [3.05, 3.63) is 23.5 Å². The van der Waals surface area contributed by atoms with Crippen LogP contribution in [-0.4, -0.2) is 45.7 Å². The Morgan fingerprint density at radius 1 is 1.62 bits per heavy atom. The highest BCUT2D eigenvalue weighted by molar-refractivity contribution is 5.95. The van der Waals surface area contributed by atoms with Crippen molar-refractivity contribution in [3.63, 3.8) is 0 Å². The second kappa shape index (κ2) is 4.09. The van der Waals surface area contributed by atoms with Crippen molar-refractivity contribution in [1.29, 1.82) is 0 Å². The fraction of sp³-hybridized carbons (Fsp3) is 0.455. The number of carbonyl (C=O) groups excluding carboxylic acids is 1. The number of aromatic nitrogens is 1. The Morgan fingerprint density at radius 3 is 2.88 bits per heavy atom. The summed E-state index contributed by atoms with van der Waals surface area (Å²) >= 11 is 0. The van der Waals surface area contributed by atoms with Gasteiger partial charge >= 0.3 is 0 Å². The van der Waals surface area contributed by atoms with Gasteiger partial charge in [0.05, 0.1) is 0 Å². The molecule has 0 bridgehead atoms. The number of nitrogens with zero attached hydrogens (tertiary/aromatic N) is 2. The lowest BCUT2D eigenvalue weighted by molar-refractivity contribution is 0.0354. The molecule has 1 fully saturated rings. The van der Waals surface area contributed by atoms with Crippen molar-refractivity contribution in [3.8, 4) is 5.75 Å². The normalized spacial score (nSPS) is 16.0. The molecule has 0 atom stereocenters. The van der Waals surface area contributed by atoms with E-state index in [1.54, 1.807) is 18.0 Å². The van der Waals surface area contributed by atoms with Gasteiger partial charge in [-0.2, -0.15) is 0 Å². The SMILES string of the molecule is Cc1cnc(C(=O)N2CC(CO)C2)c(O)c1. The molecule has 2 N–H and O–H groups in total. The lowest BCUT2D eigenvalue weighted by Gasteiger charge is -2.37. The van der Waals surface area contributed by atoms with Crippen LogP contribution in [0.5, 0.6) is 5.75 Å². The van der Waals surface area contributed by atoms with E-state index in [2.05, 4.69) is 4.98 Å². The number of aryl methyl sites for hydroxylation is 1. The predicted octanol–water partition coefficient (Wildman–Crippen LogP) is 0.160. The van der Waals surface area contributed by atoms with E-state index >= 15 is 0 Å². The number of amides is 1. The van der Waals surface area contributed by atoms with Crippen LogP contribution in [-0.2, 0) is 0 Å². The molecule has 0 saturated carbocycles. The molecule has 0 unspecified atom stereocenters. The molecule has 1 aromatic heterocycles. The molecule has 5 heteroatoms. The average Bonchev–Trinajstić information content (AvgIpc) is 2.15. The first-order chi connectivity index (χ1) is 7.61. The van der Waals surface area contributed by atoms with Crippen LogP contribution in [0.15, 0.2) is 12.3 Å². The van der Waals surface area contributed by atoms with Crippen LogP contribution in [0.3, 0.4) is 0 Å². The molecule has 1 aliphatic rings. The van der Waals surface area contributed by atoms with Gasteiger partial charge in [-0.05, 0) is 18.6 Å². The smallest absolute Gasteiger partial charge is 0.276 e. The Morgan fingerprint density at radius 2 is 2.31 bits per heavy atom. The summed E-state index contributed by atoms with van der Waals surface area (Å²) < 4.78 is 0. The van der Waals surface area contributed by atoms with E-state index in [9.17, 15) is 9.90 Å². The number of rotatable bonds is 2. The fourth-order valence-corrected chi connectivity index (χ4v) is 1.72. The largest absolute Gasteiger partial charge is 0.505 e. The predicted molar refractivity (Wildman–Crippen MR) is 57.1 cm³/mol. The maximum absolute atomic E-state index is 11.8. The quantitative estimate of drug-likeness (QED) is 0.747. The van der Waals surface area contributed by atoms with Crippen LogP contribution in [0, 0.1) is 12.8 Å². The van der Waals surface area contributed by atoms with Gasteiger partial charge in [0.2, 0.25) is 0 Å². The summed E-state index contributed by atoms with van der Waals surface area (Å²) in [5, 5.41) is 18.4. The summed E-state index contributed by atoms with van der Waals surface area (Å²) in [7, 11) is 0. The van der Waals surface area contributed by atoms with Gasteiger partial charge in [-0.3, -0.25) is 4.79 Å². The highest BCUT2D eigenvalue weighted by Crippen LogP contribution is 2.22. The molecule has 5 nitrogen and oxygen atoms in total. The summed E-state index contributed by atoms with van der Waals surface area (Å²) in [6, 6.07) is 1.52. The number of aliphatic hydroxyl groups is 1. The molecule has 86 valence electrons. The minimum absolute atomic E-state index is 0.0852. The Kier molecular flexibility index (Phi) is 2.78. The third-order valence-corrected chi connectivity index (χ3v) is 2.71. The standard InChI is InChI=1S/C11H14N2O3/c1-7-2-9(15)10(12-3-7)11(16)13-4-8(5-13)6-14/h2-3,8,14-15H,4-6H2,1H3. The van der Waals surface area contributed by atoms with E-state index < -0.39 is 0 Å². The Labute approximate surface area is 93.3 Å². The van der Waals surface area contributed by atoms with Crippen molar-refractivity contribution in [2.45, 2.75) is 6.92 Å². The second-order valence-corrected chi connectivity index (χ2v) is 4.14. The monoisotopic (exact) mass is 222 g/mol. The van der Waals surface area contributed by atoms with Gasteiger partial charge < -0.3 is 15.1 Å². The number of aliphatic hydroxyl groups excluding tert-OH is 1. The van der Waals surface area contributed by atoms with Crippen LogP contribution in [0.2, 0.25) is 0 Å². The van der Waals surface area contributed by atoms with Gasteiger partial charge in [0.25, 0.3) is 5.91 Å². The molecule has 0 aromatic carbocycles. The van der Waals surface area contributed by atoms with Crippen molar-refractivity contribution in [1.82, 2.24) is 9.88 Å². The number of carbonyl (C=O) groups is 1. The topological polar surface area (TPSA) is 73.7 Å². The zero-order valence-electron chi connectivity index (χ0n) is 9.05. The van der Waals surface area contributed by atoms with Crippen LogP contribution in [0.1, 0.15) is 16.1 Å². The first-order valence-corrected chi connectivity index (χ1v) is 5.17. The van der Waals surface area contributed by atoms with Crippen molar-refractivity contribution < 1.29 is 15.0 Å². The third kappa shape index (κ3) is 1.86. The summed E-state index contributed by atoms with van der Waals surface area (Å²) in [6.45, 7) is 2.96. The van der Waals surface area contributed by atoms with Crippen LogP contribution in [0.4, 0.5) is 0 Å². The Hall–Kier alpha value is -1.62. The van der Waals surface area contributed by atoms with Gasteiger partial charge in [-0.1, -0.05) is 0 Å². The molecule has 1 aromatic rings. The maximum Gasteiger partial charge on any atom is 0.276 e. The van der Waals surface area contributed by atoms with E-state index in [0.29, 0.717) is 13.1 Å². The van der Waals surface area contributed by atoms with Gasteiger partial charge in [-0.15, -0.1) is 0 Å². The summed E-state index contributed by atoms with van der Waals surface area (Å²) in [6.07, 6.45) is 1.55. The van der Waals surface area contributed by atoms with E-state index in [1.165, 1.54) is 6.07 Å². The third-order valence-electron chi connectivity index (χ3n) is 2.71. The number of hydrogen-bond acceptors (Lipinski definition) is 4. The zero-order valence-corrected chi connectivity index (χ0v) is 9.05. The number of pyridine rings is 1. The second-order valence-electron chi connectivity index (χ2n) is 4.14. The highest BCUT2D eigenvalue weighted by Gasteiger charge is 2.32. The van der Waals surface area contributed by atoms with Crippen molar-refractivity contribution in [2.24, 2.45) is 5.92 Å². The minimum Gasteiger partial charge on any atom is -0.505 e. The van der Waals surface area contributed by atoms with E-state index in [4.69, 9.17) is 5.11 Å². The van der Waals surface area contributed by atoms with Gasteiger partial charge in [0.15, 0.2) is 5.69 Å². The summed E-state index contributed by atoms with van der Waals surface area (Å²) in [4.78, 5) is 17.3. The van der Waals surface area contributed by atoms with E-state index in [-0.39, 0.29) is 29.9 Å². The molecular formula is C11H14N2O3. The molecule has 0 aliphatic carbocycles. The molecular weight excluding hydrogens is 208 g/mol.